The molecule has 0 radical (unpaired) electrons. The number of hydrogen-bond donors (Lipinski definition) is 1. The monoisotopic (exact) mass is 306 g/mol. The number of hydrogen-bond acceptors (Lipinski definition) is 3. The van der Waals surface area contributed by atoms with Crippen molar-refractivity contribution in [3.63, 3.8) is 0 Å². The van der Waals surface area contributed by atoms with Crippen LogP contribution in [-0.4, -0.2) is 11.9 Å². The number of nitrogens with one attached hydrogen (secondary N) is 1. The third-order valence-electron chi connectivity index (χ3n) is 3.91. The van der Waals surface area contributed by atoms with E-state index in [1.54, 1.807) is 25.1 Å². The normalized spacial score (nSPS) is 21.6. The van der Waals surface area contributed by atoms with Crippen molar-refractivity contribution in [1.82, 2.24) is 0 Å². The Morgan fingerprint density at radius 3 is 2.67 bits per heavy atom. The number of rotatable bonds is 3. The molecule has 1 aromatic carbocycles. The van der Waals surface area contributed by atoms with Crippen LogP contribution in [0.5, 0.6) is 0 Å². The standard InChI is InChI=1S/C16H18ClNO3/c1-9-6-7-11(16(20)21)12(8-9)15(19)18-14-5-3-4-13(17)10(14)2/h3-6,11-12H,7-8H2,1-2H3,(H,18,19)(H,20,21)/p-1/t11-,12+/m1/s1. The van der Waals surface area contributed by atoms with Crippen molar-refractivity contribution in [2.75, 3.05) is 5.32 Å². The summed E-state index contributed by atoms with van der Waals surface area (Å²) >= 11 is 6.02. The third kappa shape index (κ3) is 3.45. The fourth-order valence-electron chi connectivity index (χ4n) is 2.57. The van der Waals surface area contributed by atoms with Gasteiger partial charge in [0, 0.05) is 22.6 Å². The lowest BCUT2D eigenvalue weighted by atomic mass is 9.79. The lowest BCUT2D eigenvalue weighted by molar-refractivity contribution is -0.313. The summed E-state index contributed by atoms with van der Waals surface area (Å²) in [6.45, 7) is 3.70. The number of carbonyl (C=O) groups excluding carboxylic acids is 2. The molecule has 1 aliphatic rings. The first-order chi connectivity index (χ1) is 9.90. The molecular weight excluding hydrogens is 290 g/mol. The molecule has 0 heterocycles. The predicted molar refractivity (Wildman–Crippen MR) is 79.8 cm³/mol. The van der Waals surface area contributed by atoms with Gasteiger partial charge >= 0.3 is 0 Å². The molecule has 5 heteroatoms. The van der Waals surface area contributed by atoms with E-state index < -0.39 is 17.8 Å². The van der Waals surface area contributed by atoms with Gasteiger partial charge in [-0.2, -0.15) is 0 Å². The van der Waals surface area contributed by atoms with Crippen molar-refractivity contribution in [2.24, 2.45) is 11.8 Å². The topological polar surface area (TPSA) is 69.2 Å². The molecule has 112 valence electrons. The van der Waals surface area contributed by atoms with Gasteiger partial charge in [0.25, 0.3) is 0 Å². The van der Waals surface area contributed by atoms with Crippen LogP contribution in [0.2, 0.25) is 5.02 Å². The highest BCUT2D eigenvalue weighted by Crippen LogP contribution is 2.31. The molecule has 0 aliphatic heterocycles. The summed E-state index contributed by atoms with van der Waals surface area (Å²) in [6, 6.07) is 5.23. The van der Waals surface area contributed by atoms with Crippen LogP contribution >= 0.6 is 11.6 Å². The Kier molecular flexibility index (Phi) is 4.68. The van der Waals surface area contributed by atoms with Crippen molar-refractivity contribution < 1.29 is 14.7 Å². The van der Waals surface area contributed by atoms with Gasteiger partial charge in [-0.25, -0.2) is 0 Å². The molecule has 21 heavy (non-hydrogen) atoms. The average molecular weight is 307 g/mol. The maximum atomic E-state index is 12.4. The highest BCUT2D eigenvalue weighted by molar-refractivity contribution is 6.31. The molecule has 0 bridgehead atoms. The highest BCUT2D eigenvalue weighted by atomic mass is 35.5. The summed E-state index contributed by atoms with van der Waals surface area (Å²) in [7, 11) is 0. The summed E-state index contributed by atoms with van der Waals surface area (Å²) < 4.78 is 0. The van der Waals surface area contributed by atoms with E-state index in [0.717, 1.165) is 11.1 Å². The van der Waals surface area contributed by atoms with E-state index in [1.807, 2.05) is 13.0 Å². The number of allylic oxidation sites excluding steroid dienone is 2. The zero-order chi connectivity index (χ0) is 15.6. The zero-order valence-corrected chi connectivity index (χ0v) is 12.7. The van der Waals surface area contributed by atoms with Gasteiger partial charge in [-0.15, -0.1) is 0 Å². The van der Waals surface area contributed by atoms with E-state index in [1.165, 1.54) is 0 Å². The summed E-state index contributed by atoms with van der Waals surface area (Å²) in [4.78, 5) is 23.6. The van der Waals surface area contributed by atoms with Crippen molar-refractivity contribution in [1.29, 1.82) is 0 Å². The number of aliphatic carboxylic acids is 1. The molecule has 0 aromatic heterocycles. The maximum absolute atomic E-state index is 12.4. The Morgan fingerprint density at radius 2 is 2.00 bits per heavy atom. The van der Waals surface area contributed by atoms with Crippen LogP contribution in [0.1, 0.15) is 25.3 Å². The Balaban J connectivity index is 2.20. The second-order valence-corrected chi connectivity index (χ2v) is 5.83. The van der Waals surface area contributed by atoms with E-state index in [4.69, 9.17) is 11.6 Å². The fraction of sp³-hybridized carbons (Fsp3) is 0.375. The van der Waals surface area contributed by atoms with Gasteiger partial charge in [0.15, 0.2) is 0 Å². The predicted octanol–water partition coefficient (Wildman–Crippen LogP) is 2.31. The van der Waals surface area contributed by atoms with Crippen molar-refractivity contribution in [3.8, 4) is 0 Å². The van der Waals surface area contributed by atoms with E-state index in [9.17, 15) is 14.7 Å². The lowest BCUT2D eigenvalue weighted by Gasteiger charge is -2.30. The molecule has 1 amide bonds. The molecule has 0 saturated heterocycles. The molecule has 1 N–H and O–H groups in total. The molecule has 4 nitrogen and oxygen atoms in total. The van der Waals surface area contributed by atoms with E-state index >= 15 is 0 Å². The van der Waals surface area contributed by atoms with Crippen LogP contribution in [0.4, 0.5) is 5.69 Å². The lowest BCUT2D eigenvalue weighted by Crippen LogP contribution is -2.42. The number of carbonyl (C=O) groups is 2. The van der Waals surface area contributed by atoms with Gasteiger partial charge in [-0.1, -0.05) is 29.3 Å². The maximum Gasteiger partial charge on any atom is 0.228 e. The van der Waals surface area contributed by atoms with Crippen LogP contribution in [-0.2, 0) is 9.59 Å². The van der Waals surface area contributed by atoms with Crippen LogP contribution in [0, 0.1) is 18.8 Å². The van der Waals surface area contributed by atoms with Crippen LogP contribution in [0.25, 0.3) is 0 Å². The minimum Gasteiger partial charge on any atom is -0.550 e. The number of carboxylic acid groups (broad SMARTS) is 1. The second kappa shape index (κ2) is 6.31. The fourth-order valence-corrected chi connectivity index (χ4v) is 2.74. The van der Waals surface area contributed by atoms with Crippen LogP contribution in [0.15, 0.2) is 29.8 Å². The van der Waals surface area contributed by atoms with Gasteiger partial charge in [-0.05, 0) is 44.4 Å². The largest absolute Gasteiger partial charge is 0.550 e. The molecule has 0 unspecified atom stereocenters. The molecule has 0 saturated carbocycles. The number of benzene rings is 1. The van der Waals surface area contributed by atoms with Crippen molar-refractivity contribution in [2.45, 2.75) is 26.7 Å². The highest BCUT2D eigenvalue weighted by Gasteiger charge is 2.31. The van der Waals surface area contributed by atoms with Gasteiger partial charge < -0.3 is 15.2 Å². The Morgan fingerprint density at radius 1 is 1.29 bits per heavy atom. The number of anilines is 1. The Labute approximate surface area is 128 Å². The smallest absolute Gasteiger partial charge is 0.228 e. The summed E-state index contributed by atoms with van der Waals surface area (Å²) in [5.74, 6) is -2.88. The number of carboxylic acids is 1. The first-order valence-electron chi connectivity index (χ1n) is 6.82. The third-order valence-corrected chi connectivity index (χ3v) is 4.32. The SMILES string of the molecule is CC1=CC[C@@H](C(=O)[O-])[C@@H](C(=O)Nc2cccc(Cl)c2C)C1. The summed E-state index contributed by atoms with van der Waals surface area (Å²) in [5.41, 5.74) is 2.40. The molecule has 2 atom stereocenters. The zero-order valence-electron chi connectivity index (χ0n) is 12.0. The van der Waals surface area contributed by atoms with Crippen LogP contribution in [0.3, 0.4) is 0 Å². The van der Waals surface area contributed by atoms with Crippen LogP contribution < -0.4 is 10.4 Å². The van der Waals surface area contributed by atoms with E-state index in [-0.39, 0.29) is 5.91 Å². The van der Waals surface area contributed by atoms with Crippen molar-refractivity contribution in [3.05, 3.63) is 40.4 Å². The van der Waals surface area contributed by atoms with Gasteiger partial charge in [0.2, 0.25) is 5.91 Å². The quantitative estimate of drug-likeness (QED) is 0.871. The van der Waals surface area contributed by atoms with Gasteiger partial charge in [0.1, 0.15) is 0 Å². The van der Waals surface area contributed by atoms with Crippen molar-refractivity contribution >= 4 is 29.2 Å². The van der Waals surface area contributed by atoms with E-state index in [0.29, 0.717) is 23.6 Å². The average Bonchev–Trinajstić information content (AvgIpc) is 2.43. The second-order valence-electron chi connectivity index (χ2n) is 5.42. The Bertz CT molecular complexity index is 610. The first-order valence-corrected chi connectivity index (χ1v) is 7.20. The molecule has 0 spiro atoms. The molecule has 0 fully saturated rings. The minimum absolute atomic E-state index is 0.304. The summed E-state index contributed by atoms with van der Waals surface area (Å²) in [6.07, 6.45) is 2.62. The summed E-state index contributed by atoms with van der Waals surface area (Å²) in [5, 5.41) is 14.6. The minimum atomic E-state index is -1.18. The van der Waals surface area contributed by atoms with Gasteiger partial charge in [0.05, 0.1) is 5.92 Å². The van der Waals surface area contributed by atoms with E-state index in [2.05, 4.69) is 5.32 Å². The molecule has 2 rings (SSSR count). The number of amides is 1. The van der Waals surface area contributed by atoms with Gasteiger partial charge in [-0.3, -0.25) is 4.79 Å². The number of halogens is 1. The molecule has 1 aliphatic carbocycles. The Hall–Kier alpha value is -1.81. The molecular formula is C16H17ClNO3-. The molecule has 1 aromatic rings. The first kappa shape index (κ1) is 15.6.